The molecule has 0 heterocycles. The summed E-state index contributed by atoms with van der Waals surface area (Å²) in [4.78, 5) is 23.7. The molecule has 0 aliphatic heterocycles. The number of halogens is 1. The molecule has 0 fully saturated rings. The molecule has 6 heteroatoms. The normalized spacial score (nSPS) is 10.4. The van der Waals surface area contributed by atoms with Crippen LogP contribution in [-0.2, 0) is 0 Å². The monoisotopic (exact) mass is 329 g/mol. The van der Waals surface area contributed by atoms with Crippen LogP contribution >= 0.6 is 0 Å². The smallest absolute Gasteiger partial charge is 0.319 e. The van der Waals surface area contributed by atoms with Crippen molar-refractivity contribution in [2.45, 2.75) is 26.8 Å². The number of rotatable bonds is 4. The number of carbonyl (C=O) groups is 2. The van der Waals surface area contributed by atoms with Crippen molar-refractivity contribution >= 4 is 23.3 Å². The largest absolute Gasteiger partial charge is 0.336 e. The van der Waals surface area contributed by atoms with Crippen LogP contribution < -0.4 is 16.0 Å². The van der Waals surface area contributed by atoms with Gasteiger partial charge in [-0.05, 0) is 62.7 Å². The summed E-state index contributed by atoms with van der Waals surface area (Å²) in [6.07, 6.45) is 0. The molecular formula is C18H20FN3O2. The lowest BCUT2D eigenvalue weighted by Crippen LogP contribution is -2.34. The Hall–Kier alpha value is -2.89. The van der Waals surface area contributed by atoms with Gasteiger partial charge in [-0.25, -0.2) is 9.18 Å². The maximum absolute atomic E-state index is 13.5. The second-order valence-corrected chi connectivity index (χ2v) is 5.75. The minimum Gasteiger partial charge on any atom is -0.336 e. The average molecular weight is 329 g/mol. The minimum atomic E-state index is -0.418. The molecule has 2 aromatic rings. The van der Waals surface area contributed by atoms with Crippen molar-refractivity contribution in [3.8, 4) is 0 Å². The van der Waals surface area contributed by atoms with E-state index < -0.39 is 11.7 Å². The molecule has 0 aliphatic carbocycles. The molecular weight excluding hydrogens is 309 g/mol. The van der Waals surface area contributed by atoms with Crippen molar-refractivity contribution in [2.24, 2.45) is 0 Å². The quantitative estimate of drug-likeness (QED) is 0.796. The summed E-state index contributed by atoms with van der Waals surface area (Å²) < 4.78 is 13.5. The van der Waals surface area contributed by atoms with E-state index in [1.165, 1.54) is 6.07 Å². The van der Waals surface area contributed by atoms with Gasteiger partial charge in [-0.15, -0.1) is 0 Å². The lowest BCUT2D eigenvalue weighted by molar-refractivity contribution is 0.102. The van der Waals surface area contributed by atoms with Crippen LogP contribution in [0.2, 0.25) is 0 Å². The van der Waals surface area contributed by atoms with Crippen molar-refractivity contribution in [3.63, 3.8) is 0 Å². The molecule has 5 nitrogen and oxygen atoms in total. The fraction of sp³-hybridized carbons (Fsp3) is 0.222. The maximum Gasteiger partial charge on any atom is 0.319 e. The molecule has 2 rings (SSSR count). The van der Waals surface area contributed by atoms with E-state index in [0.29, 0.717) is 16.9 Å². The van der Waals surface area contributed by atoms with Gasteiger partial charge < -0.3 is 16.0 Å². The molecule has 0 radical (unpaired) electrons. The van der Waals surface area contributed by atoms with Gasteiger partial charge in [0.15, 0.2) is 0 Å². The highest BCUT2D eigenvalue weighted by Crippen LogP contribution is 2.16. The lowest BCUT2D eigenvalue weighted by atomic mass is 10.1. The third-order valence-corrected chi connectivity index (χ3v) is 3.25. The number of nitrogens with one attached hydrogen (secondary N) is 3. The summed E-state index contributed by atoms with van der Waals surface area (Å²) in [5.41, 5.74) is 1.89. The Morgan fingerprint density at radius 2 is 1.54 bits per heavy atom. The van der Waals surface area contributed by atoms with E-state index in [0.717, 1.165) is 0 Å². The van der Waals surface area contributed by atoms with Crippen molar-refractivity contribution in [3.05, 3.63) is 59.4 Å². The molecule has 126 valence electrons. The van der Waals surface area contributed by atoms with Gasteiger partial charge in [0, 0.05) is 23.0 Å². The van der Waals surface area contributed by atoms with Gasteiger partial charge in [0.05, 0.1) is 0 Å². The van der Waals surface area contributed by atoms with Crippen molar-refractivity contribution in [1.82, 2.24) is 5.32 Å². The van der Waals surface area contributed by atoms with E-state index in [1.54, 1.807) is 43.3 Å². The zero-order valence-corrected chi connectivity index (χ0v) is 13.8. The Morgan fingerprint density at radius 1 is 0.958 bits per heavy atom. The fourth-order valence-electron chi connectivity index (χ4n) is 2.00. The zero-order chi connectivity index (χ0) is 17.7. The Bertz CT molecular complexity index is 742. The number of benzene rings is 2. The molecule has 0 unspecified atom stereocenters. The number of urea groups is 1. The predicted molar refractivity (Wildman–Crippen MR) is 92.8 cm³/mol. The topological polar surface area (TPSA) is 70.2 Å². The molecule has 0 spiro atoms. The fourth-order valence-corrected chi connectivity index (χ4v) is 2.00. The third kappa shape index (κ3) is 4.81. The van der Waals surface area contributed by atoms with Crippen LogP contribution in [0.5, 0.6) is 0 Å². The van der Waals surface area contributed by atoms with E-state index in [2.05, 4.69) is 16.0 Å². The molecule has 3 N–H and O–H groups in total. The van der Waals surface area contributed by atoms with Gasteiger partial charge in [-0.2, -0.15) is 0 Å². The van der Waals surface area contributed by atoms with E-state index in [9.17, 15) is 14.0 Å². The van der Waals surface area contributed by atoms with Crippen LogP contribution in [0.1, 0.15) is 29.8 Å². The summed E-state index contributed by atoms with van der Waals surface area (Å²) >= 11 is 0. The second kappa shape index (κ2) is 7.59. The first-order chi connectivity index (χ1) is 11.3. The van der Waals surface area contributed by atoms with Crippen LogP contribution in [0, 0.1) is 12.7 Å². The highest BCUT2D eigenvalue weighted by atomic mass is 19.1. The predicted octanol–water partition coefficient (Wildman–Crippen LogP) is 3.92. The van der Waals surface area contributed by atoms with Gasteiger partial charge in [0.25, 0.3) is 5.91 Å². The van der Waals surface area contributed by atoms with Crippen LogP contribution in [-0.4, -0.2) is 18.0 Å². The van der Waals surface area contributed by atoms with Gasteiger partial charge in [-0.3, -0.25) is 4.79 Å². The standard InChI is InChI=1S/C18H20FN3O2/c1-11(2)20-18(24)22-15-8-6-14(7-9-15)21-17(23)13-5-4-12(3)16(19)10-13/h4-11H,1-3H3,(H,21,23)(H2,20,22,24). The van der Waals surface area contributed by atoms with Crippen molar-refractivity contribution in [2.75, 3.05) is 10.6 Å². The van der Waals surface area contributed by atoms with Gasteiger partial charge in [0.1, 0.15) is 5.82 Å². The van der Waals surface area contributed by atoms with Crippen molar-refractivity contribution < 1.29 is 14.0 Å². The molecule has 24 heavy (non-hydrogen) atoms. The van der Waals surface area contributed by atoms with Crippen LogP contribution in [0.25, 0.3) is 0 Å². The Kier molecular flexibility index (Phi) is 5.52. The van der Waals surface area contributed by atoms with Crippen molar-refractivity contribution in [1.29, 1.82) is 0 Å². The highest BCUT2D eigenvalue weighted by molar-refractivity contribution is 6.04. The maximum atomic E-state index is 13.5. The first kappa shape index (κ1) is 17.5. The summed E-state index contributed by atoms with van der Waals surface area (Å²) in [6.45, 7) is 5.37. The molecule has 3 amide bonds. The second-order valence-electron chi connectivity index (χ2n) is 5.75. The van der Waals surface area contributed by atoms with E-state index in [1.807, 2.05) is 13.8 Å². The van der Waals surface area contributed by atoms with E-state index in [4.69, 9.17) is 0 Å². The number of anilines is 2. The highest BCUT2D eigenvalue weighted by Gasteiger charge is 2.09. The SMILES string of the molecule is Cc1ccc(C(=O)Nc2ccc(NC(=O)NC(C)C)cc2)cc1F. The molecule has 2 aromatic carbocycles. The first-order valence-electron chi connectivity index (χ1n) is 7.60. The Labute approximate surface area is 140 Å². The average Bonchev–Trinajstić information content (AvgIpc) is 2.51. The number of aryl methyl sites for hydroxylation is 1. The Morgan fingerprint density at radius 3 is 2.08 bits per heavy atom. The lowest BCUT2D eigenvalue weighted by Gasteiger charge is -2.11. The summed E-state index contributed by atoms with van der Waals surface area (Å²) in [6, 6.07) is 10.7. The minimum absolute atomic E-state index is 0.0402. The van der Waals surface area contributed by atoms with Crippen LogP contribution in [0.15, 0.2) is 42.5 Å². The summed E-state index contributed by atoms with van der Waals surface area (Å²) in [5, 5.41) is 8.08. The summed E-state index contributed by atoms with van der Waals surface area (Å²) in [7, 11) is 0. The molecule has 0 saturated heterocycles. The zero-order valence-electron chi connectivity index (χ0n) is 13.8. The molecule has 0 aromatic heterocycles. The molecule has 0 saturated carbocycles. The molecule has 0 aliphatic rings. The van der Waals surface area contributed by atoms with Gasteiger partial charge >= 0.3 is 6.03 Å². The molecule has 0 bridgehead atoms. The van der Waals surface area contributed by atoms with E-state index in [-0.39, 0.29) is 17.6 Å². The number of hydrogen-bond acceptors (Lipinski definition) is 2. The number of hydrogen-bond donors (Lipinski definition) is 3. The number of amides is 3. The third-order valence-electron chi connectivity index (χ3n) is 3.25. The van der Waals surface area contributed by atoms with Crippen LogP contribution in [0.3, 0.4) is 0 Å². The van der Waals surface area contributed by atoms with E-state index >= 15 is 0 Å². The molecule has 0 atom stereocenters. The van der Waals surface area contributed by atoms with Crippen LogP contribution in [0.4, 0.5) is 20.6 Å². The number of carbonyl (C=O) groups excluding carboxylic acids is 2. The summed E-state index contributed by atoms with van der Waals surface area (Å²) in [5.74, 6) is -0.814. The Balaban J connectivity index is 1.99. The van der Waals surface area contributed by atoms with Gasteiger partial charge in [-0.1, -0.05) is 6.07 Å². The first-order valence-corrected chi connectivity index (χ1v) is 7.60. The van der Waals surface area contributed by atoms with Gasteiger partial charge in [0.2, 0.25) is 0 Å².